The number of aryl methyl sites for hydroxylation is 1. The highest BCUT2D eigenvalue weighted by atomic mass is 16.5. The van der Waals surface area contributed by atoms with Gasteiger partial charge in [0.1, 0.15) is 5.76 Å². The number of rotatable bonds is 4. The van der Waals surface area contributed by atoms with E-state index < -0.39 is 11.8 Å². The first-order valence-corrected chi connectivity index (χ1v) is 5.20. The second-order valence-electron chi connectivity index (χ2n) is 3.44. The number of benzene rings is 1. The number of aliphatic hydroxyl groups is 1. The summed E-state index contributed by atoms with van der Waals surface area (Å²) in [5, 5.41) is 9.63. The number of carbonyl (C=O) groups excluding carboxylic acids is 2. The fraction of sp³-hybridized carbons (Fsp3) is 0.231. The fourth-order valence-corrected chi connectivity index (χ4v) is 1.28. The van der Waals surface area contributed by atoms with Gasteiger partial charge in [0, 0.05) is 11.6 Å². The van der Waals surface area contributed by atoms with E-state index in [4.69, 9.17) is 0 Å². The first-order valence-electron chi connectivity index (χ1n) is 5.20. The van der Waals surface area contributed by atoms with Crippen LogP contribution in [0.25, 0.3) is 5.76 Å². The van der Waals surface area contributed by atoms with Crippen molar-refractivity contribution < 1.29 is 19.4 Å². The standard InChI is InChI=1S/C13H14O4/c1-3-9-4-6-10(7-5-9)11(14)8-12(15)13(16)17-2/h4-8,14H,3H2,1-2H3/b11-8-. The highest BCUT2D eigenvalue weighted by molar-refractivity contribution is 6.39. The Morgan fingerprint density at radius 2 is 1.88 bits per heavy atom. The van der Waals surface area contributed by atoms with E-state index in [0.717, 1.165) is 25.2 Å². The Balaban J connectivity index is 2.88. The van der Waals surface area contributed by atoms with Crippen LogP contribution in [0.4, 0.5) is 0 Å². The van der Waals surface area contributed by atoms with Crippen LogP contribution in [0, 0.1) is 0 Å². The van der Waals surface area contributed by atoms with Crippen LogP contribution >= 0.6 is 0 Å². The van der Waals surface area contributed by atoms with E-state index in [1.807, 2.05) is 19.1 Å². The van der Waals surface area contributed by atoms with Crippen molar-refractivity contribution in [2.75, 3.05) is 7.11 Å². The molecule has 0 saturated heterocycles. The molecular formula is C13H14O4. The Morgan fingerprint density at radius 3 is 2.35 bits per heavy atom. The van der Waals surface area contributed by atoms with Gasteiger partial charge in [-0.3, -0.25) is 4.79 Å². The van der Waals surface area contributed by atoms with Crippen LogP contribution in [0.15, 0.2) is 30.3 Å². The molecule has 17 heavy (non-hydrogen) atoms. The number of ketones is 1. The van der Waals surface area contributed by atoms with Gasteiger partial charge in [0.15, 0.2) is 0 Å². The van der Waals surface area contributed by atoms with E-state index in [1.165, 1.54) is 0 Å². The van der Waals surface area contributed by atoms with Crippen molar-refractivity contribution in [2.24, 2.45) is 0 Å². The van der Waals surface area contributed by atoms with Gasteiger partial charge in [-0.1, -0.05) is 31.2 Å². The molecular weight excluding hydrogens is 220 g/mol. The molecule has 0 radical (unpaired) electrons. The maximum absolute atomic E-state index is 11.2. The van der Waals surface area contributed by atoms with Crippen molar-refractivity contribution in [1.29, 1.82) is 0 Å². The van der Waals surface area contributed by atoms with E-state index in [9.17, 15) is 14.7 Å². The van der Waals surface area contributed by atoms with E-state index in [1.54, 1.807) is 12.1 Å². The molecule has 1 aromatic rings. The largest absolute Gasteiger partial charge is 0.507 e. The first kappa shape index (κ1) is 13.0. The summed E-state index contributed by atoms with van der Waals surface area (Å²) in [7, 11) is 1.11. The fourth-order valence-electron chi connectivity index (χ4n) is 1.28. The van der Waals surface area contributed by atoms with Crippen molar-refractivity contribution in [3.8, 4) is 0 Å². The van der Waals surface area contributed by atoms with Crippen molar-refractivity contribution in [1.82, 2.24) is 0 Å². The third kappa shape index (κ3) is 3.45. The van der Waals surface area contributed by atoms with Gasteiger partial charge in [-0.2, -0.15) is 0 Å². The van der Waals surface area contributed by atoms with Gasteiger partial charge in [0.25, 0.3) is 5.78 Å². The van der Waals surface area contributed by atoms with Gasteiger partial charge in [-0.05, 0) is 12.0 Å². The maximum atomic E-state index is 11.2. The lowest BCUT2D eigenvalue weighted by molar-refractivity contribution is -0.149. The number of esters is 1. The lowest BCUT2D eigenvalue weighted by Crippen LogP contribution is -2.13. The summed E-state index contributed by atoms with van der Waals surface area (Å²) in [5.41, 5.74) is 1.61. The molecule has 0 aromatic heterocycles. The average molecular weight is 234 g/mol. The van der Waals surface area contributed by atoms with Crippen LogP contribution in [0.5, 0.6) is 0 Å². The zero-order valence-electron chi connectivity index (χ0n) is 9.77. The van der Waals surface area contributed by atoms with Gasteiger partial charge in [-0.25, -0.2) is 4.79 Å². The first-order chi connectivity index (χ1) is 8.08. The number of ether oxygens (including phenoxy) is 1. The topological polar surface area (TPSA) is 63.6 Å². The zero-order chi connectivity index (χ0) is 12.8. The third-order valence-electron chi connectivity index (χ3n) is 2.31. The van der Waals surface area contributed by atoms with Crippen LogP contribution in [0.2, 0.25) is 0 Å². The molecule has 1 aromatic carbocycles. The number of methoxy groups -OCH3 is 1. The number of carbonyl (C=O) groups is 2. The van der Waals surface area contributed by atoms with Crippen LogP contribution in [-0.4, -0.2) is 24.0 Å². The Labute approximate surface area is 99.5 Å². The number of hydrogen-bond acceptors (Lipinski definition) is 4. The molecule has 90 valence electrons. The molecule has 0 aliphatic carbocycles. The Kier molecular flexibility index (Phi) is 4.46. The van der Waals surface area contributed by atoms with E-state index in [2.05, 4.69) is 4.74 Å². The summed E-state index contributed by atoms with van der Waals surface area (Å²) in [5.74, 6) is -2.13. The van der Waals surface area contributed by atoms with Crippen LogP contribution in [0.3, 0.4) is 0 Å². The Morgan fingerprint density at radius 1 is 1.29 bits per heavy atom. The quantitative estimate of drug-likeness (QED) is 0.374. The molecule has 0 heterocycles. The summed E-state index contributed by atoms with van der Waals surface area (Å²) in [6.07, 6.45) is 1.75. The molecule has 0 fully saturated rings. The molecule has 0 unspecified atom stereocenters. The predicted octanol–water partition coefficient (Wildman–Crippen LogP) is 1.89. The minimum absolute atomic E-state index is 0.247. The van der Waals surface area contributed by atoms with Gasteiger partial charge in [-0.15, -0.1) is 0 Å². The van der Waals surface area contributed by atoms with Crippen LogP contribution in [0.1, 0.15) is 18.1 Å². The van der Waals surface area contributed by atoms with Crippen LogP contribution in [-0.2, 0) is 20.7 Å². The second kappa shape index (κ2) is 5.84. The summed E-state index contributed by atoms with van der Waals surface area (Å²) in [4.78, 5) is 22.0. The minimum Gasteiger partial charge on any atom is -0.507 e. The van der Waals surface area contributed by atoms with Crippen molar-refractivity contribution in [2.45, 2.75) is 13.3 Å². The normalized spacial score (nSPS) is 11.1. The number of hydrogen-bond donors (Lipinski definition) is 1. The monoisotopic (exact) mass is 234 g/mol. The van der Waals surface area contributed by atoms with E-state index >= 15 is 0 Å². The molecule has 0 amide bonds. The van der Waals surface area contributed by atoms with Gasteiger partial charge >= 0.3 is 5.97 Å². The Hall–Kier alpha value is -2.10. The minimum atomic E-state index is -0.998. The van der Waals surface area contributed by atoms with E-state index in [0.29, 0.717) is 5.56 Å². The highest BCUT2D eigenvalue weighted by Crippen LogP contribution is 2.13. The summed E-state index contributed by atoms with van der Waals surface area (Å²) >= 11 is 0. The van der Waals surface area contributed by atoms with Gasteiger partial charge in [0.2, 0.25) is 0 Å². The average Bonchev–Trinajstić information content (AvgIpc) is 2.37. The molecule has 0 spiro atoms. The summed E-state index contributed by atoms with van der Waals surface area (Å²) in [6, 6.07) is 7.08. The smallest absolute Gasteiger partial charge is 0.378 e. The lowest BCUT2D eigenvalue weighted by Gasteiger charge is -2.01. The van der Waals surface area contributed by atoms with Crippen molar-refractivity contribution >= 4 is 17.5 Å². The van der Waals surface area contributed by atoms with Gasteiger partial charge < -0.3 is 9.84 Å². The molecule has 0 aliphatic rings. The molecule has 4 nitrogen and oxygen atoms in total. The lowest BCUT2D eigenvalue weighted by atomic mass is 10.1. The van der Waals surface area contributed by atoms with Crippen molar-refractivity contribution in [3.63, 3.8) is 0 Å². The van der Waals surface area contributed by atoms with E-state index in [-0.39, 0.29) is 5.76 Å². The third-order valence-corrected chi connectivity index (χ3v) is 2.31. The molecule has 0 aliphatic heterocycles. The maximum Gasteiger partial charge on any atom is 0.378 e. The molecule has 4 heteroatoms. The van der Waals surface area contributed by atoms with Crippen LogP contribution < -0.4 is 0 Å². The summed E-state index contributed by atoms with van der Waals surface area (Å²) in [6.45, 7) is 2.02. The SMILES string of the molecule is CCc1ccc(/C(O)=C/C(=O)C(=O)OC)cc1. The number of aliphatic hydroxyl groups excluding tert-OH is 1. The molecule has 1 N–H and O–H groups in total. The molecule has 0 saturated carbocycles. The predicted molar refractivity (Wildman–Crippen MR) is 63.4 cm³/mol. The Bertz CT molecular complexity index is 443. The molecule has 0 bridgehead atoms. The molecule has 1 rings (SSSR count). The van der Waals surface area contributed by atoms with Gasteiger partial charge in [0.05, 0.1) is 7.11 Å². The summed E-state index contributed by atoms with van der Waals surface area (Å²) < 4.78 is 4.24. The highest BCUT2D eigenvalue weighted by Gasteiger charge is 2.12. The zero-order valence-corrected chi connectivity index (χ0v) is 9.77. The molecule has 0 atom stereocenters. The second-order valence-corrected chi connectivity index (χ2v) is 3.44. The van der Waals surface area contributed by atoms with Crippen molar-refractivity contribution in [3.05, 3.63) is 41.5 Å².